The van der Waals surface area contributed by atoms with E-state index in [1.165, 1.54) is 9.13 Å². The van der Waals surface area contributed by atoms with Crippen molar-refractivity contribution in [2.75, 3.05) is 5.32 Å². The Morgan fingerprint density at radius 1 is 1.08 bits per heavy atom. The number of Topliss-reactive ketones (excluding diaryl/α,β-unsaturated/α-hetero) is 1. The summed E-state index contributed by atoms with van der Waals surface area (Å²) in [6, 6.07) is 18.8. The average Bonchev–Trinajstić information content (AvgIpc) is 2.60. The molecule has 1 fully saturated rings. The van der Waals surface area contributed by atoms with Crippen LogP contribution in [-0.2, 0) is 4.79 Å². The summed E-state index contributed by atoms with van der Waals surface area (Å²) in [4.78, 5) is 12.4. The number of carbonyl (C=O) groups excluding carboxylic acids is 1. The van der Waals surface area contributed by atoms with Gasteiger partial charge in [-0.1, -0.05) is 54.6 Å². The van der Waals surface area contributed by atoms with Gasteiger partial charge in [0.25, 0.3) is 0 Å². The van der Waals surface area contributed by atoms with Gasteiger partial charge in [-0.2, -0.15) is 0 Å². The topological polar surface area (TPSA) is 29.1 Å². The zero-order valence-corrected chi connectivity index (χ0v) is 15.8. The number of hydrogen-bond donors (Lipinski definition) is 1. The summed E-state index contributed by atoms with van der Waals surface area (Å²) < 4.78 is 1.20. The smallest absolute Gasteiger partial charge is 0.138 e. The third kappa shape index (κ3) is 4.47. The number of hydrogen-bond acceptors (Lipinski definition) is 2. The van der Waals surface area contributed by atoms with Crippen molar-refractivity contribution in [3.8, 4) is 0 Å². The molecule has 2 unspecified atom stereocenters. The van der Waals surface area contributed by atoms with E-state index in [1.54, 1.807) is 0 Å². The molecule has 2 aromatic rings. The molecule has 1 N–H and O–H groups in total. The molecule has 0 heterocycles. The minimum absolute atomic E-state index is 0.0646. The molecule has 3 heteroatoms. The molecule has 24 heavy (non-hydrogen) atoms. The van der Waals surface area contributed by atoms with Crippen molar-refractivity contribution >= 4 is 40.1 Å². The van der Waals surface area contributed by atoms with Crippen LogP contribution in [0.15, 0.2) is 60.7 Å². The van der Waals surface area contributed by atoms with Crippen LogP contribution in [0.25, 0.3) is 6.08 Å². The van der Waals surface area contributed by atoms with Crippen LogP contribution in [0.5, 0.6) is 0 Å². The molecule has 124 valence electrons. The Balaban J connectivity index is 1.69. The fraction of sp³-hybridized carbons (Fsp3) is 0.286. The van der Waals surface area contributed by atoms with E-state index in [1.807, 2.05) is 30.3 Å². The molecule has 0 aromatic heterocycles. The molecule has 0 amide bonds. The fourth-order valence-electron chi connectivity index (χ4n) is 3.27. The second-order valence-corrected chi connectivity index (χ2v) is 7.41. The Morgan fingerprint density at radius 2 is 1.83 bits per heavy atom. The molecule has 0 radical (unpaired) electrons. The fourth-order valence-corrected chi connectivity index (χ4v) is 3.81. The summed E-state index contributed by atoms with van der Waals surface area (Å²) >= 11 is 2.34. The van der Waals surface area contributed by atoms with Crippen LogP contribution in [0.2, 0.25) is 0 Å². The molecule has 3 rings (SSSR count). The van der Waals surface area contributed by atoms with E-state index in [4.69, 9.17) is 0 Å². The van der Waals surface area contributed by atoms with Crippen LogP contribution in [0.1, 0.15) is 31.2 Å². The van der Waals surface area contributed by atoms with Gasteiger partial charge in [-0.25, -0.2) is 0 Å². The van der Waals surface area contributed by atoms with Crippen molar-refractivity contribution in [1.82, 2.24) is 0 Å². The van der Waals surface area contributed by atoms with Crippen molar-refractivity contribution in [3.63, 3.8) is 0 Å². The summed E-state index contributed by atoms with van der Waals surface area (Å²) in [6.07, 6.45) is 7.82. The molecule has 0 spiro atoms. The highest BCUT2D eigenvalue weighted by Gasteiger charge is 2.31. The van der Waals surface area contributed by atoms with Gasteiger partial charge < -0.3 is 5.32 Å². The number of benzene rings is 2. The van der Waals surface area contributed by atoms with E-state index in [9.17, 15) is 4.79 Å². The molecule has 1 aliphatic rings. The first kappa shape index (κ1) is 17.2. The number of anilines is 1. The van der Waals surface area contributed by atoms with Crippen molar-refractivity contribution in [1.29, 1.82) is 0 Å². The van der Waals surface area contributed by atoms with Gasteiger partial charge in [0.1, 0.15) is 5.78 Å². The van der Waals surface area contributed by atoms with E-state index in [0.29, 0.717) is 12.2 Å². The predicted molar refractivity (Wildman–Crippen MR) is 109 cm³/mol. The van der Waals surface area contributed by atoms with Crippen LogP contribution in [0.4, 0.5) is 5.69 Å². The lowest BCUT2D eigenvalue weighted by Gasteiger charge is -2.31. The highest BCUT2D eigenvalue weighted by atomic mass is 127. The van der Waals surface area contributed by atoms with E-state index in [2.05, 4.69) is 64.3 Å². The van der Waals surface area contributed by atoms with Crippen LogP contribution >= 0.6 is 22.6 Å². The number of allylic oxidation sites excluding steroid dienone is 1. The Labute approximate surface area is 157 Å². The summed E-state index contributed by atoms with van der Waals surface area (Å²) in [6.45, 7) is 0. The summed E-state index contributed by atoms with van der Waals surface area (Å²) in [5.74, 6) is 0.456. The molecule has 0 bridgehead atoms. The lowest BCUT2D eigenvalue weighted by atomic mass is 9.81. The lowest BCUT2D eigenvalue weighted by molar-refractivity contribution is -0.124. The summed E-state index contributed by atoms with van der Waals surface area (Å²) in [5.41, 5.74) is 2.32. The minimum Gasteiger partial charge on any atom is -0.381 e. The predicted octanol–water partition coefficient (Wildman–Crippen LogP) is 5.54. The van der Waals surface area contributed by atoms with Gasteiger partial charge in [0.15, 0.2) is 0 Å². The SMILES string of the molecule is O=C1CCCC(Nc2ccccc2I)C1C/C=C/c1ccccc1. The molecule has 0 aliphatic heterocycles. The number of halogens is 1. The summed E-state index contributed by atoms with van der Waals surface area (Å²) in [7, 11) is 0. The van der Waals surface area contributed by atoms with Gasteiger partial charge >= 0.3 is 0 Å². The standard InChI is InChI=1S/C21H22INO/c22-18-12-4-5-13-20(18)23-19-14-7-15-21(24)17(19)11-6-10-16-8-2-1-3-9-16/h1-6,8-10,12-13,17,19,23H,7,11,14-15H2/b10-6+. The Morgan fingerprint density at radius 3 is 2.62 bits per heavy atom. The zero-order valence-electron chi connectivity index (χ0n) is 13.6. The Kier molecular flexibility index (Phi) is 6.07. The number of para-hydroxylation sites is 1. The molecule has 2 nitrogen and oxygen atoms in total. The first-order chi connectivity index (χ1) is 11.7. The number of rotatable bonds is 5. The van der Waals surface area contributed by atoms with Gasteiger partial charge in [0, 0.05) is 27.6 Å². The van der Waals surface area contributed by atoms with Crippen molar-refractivity contribution in [2.45, 2.75) is 31.7 Å². The lowest BCUT2D eigenvalue weighted by Crippen LogP contribution is -2.38. The maximum atomic E-state index is 12.4. The maximum absolute atomic E-state index is 12.4. The highest BCUT2D eigenvalue weighted by molar-refractivity contribution is 14.1. The molecular weight excluding hydrogens is 409 g/mol. The van der Waals surface area contributed by atoms with Gasteiger partial charge in [0.2, 0.25) is 0 Å². The van der Waals surface area contributed by atoms with E-state index in [-0.39, 0.29) is 12.0 Å². The normalized spacial score (nSPS) is 21.1. The molecular formula is C21H22INO. The first-order valence-corrected chi connectivity index (χ1v) is 9.57. The second kappa shape index (κ2) is 8.47. The third-order valence-corrected chi connectivity index (χ3v) is 5.49. The van der Waals surface area contributed by atoms with E-state index >= 15 is 0 Å². The third-order valence-electron chi connectivity index (χ3n) is 4.55. The quantitative estimate of drug-likeness (QED) is 0.630. The average molecular weight is 431 g/mol. The van der Waals surface area contributed by atoms with Crippen LogP contribution in [0, 0.1) is 9.49 Å². The van der Waals surface area contributed by atoms with Gasteiger partial charge in [-0.15, -0.1) is 0 Å². The molecule has 2 atom stereocenters. The van der Waals surface area contributed by atoms with E-state index < -0.39 is 0 Å². The molecule has 2 aromatic carbocycles. The van der Waals surface area contributed by atoms with E-state index in [0.717, 1.165) is 24.9 Å². The molecule has 1 saturated carbocycles. The van der Waals surface area contributed by atoms with Crippen LogP contribution in [0.3, 0.4) is 0 Å². The minimum atomic E-state index is 0.0646. The van der Waals surface area contributed by atoms with Crippen LogP contribution in [-0.4, -0.2) is 11.8 Å². The maximum Gasteiger partial charge on any atom is 0.138 e. The number of ketones is 1. The second-order valence-electron chi connectivity index (χ2n) is 6.24. The Hall–Kier alpha value is -1.62. The van der Waals surface area contributed by atoms with Crippen molar-refractivity contribution in [2.24, 2.45) is 5.92 Å². The number of nitrogens with one attached hydrogen (secondary N) is 1. The van der Waals surface area contributed by atoms with Gasteiger partial charge in [0.05, 0.1) is 0 Å². The summed E-state index contributed by atoms with van der Waals surface area (Å²) in [5, 5.41) is 3.62. The zero-order chi connectivity index (χ0) is 16.8. The largest absolute Gasteiger partial charge is 0.381 e. The first-order valence-electron chi connectivity index (χ1n) is 8.49. The molecule has 1 aliphatic carbocycles. The van der Waals surface area contributed by atoms with Gasteiger partial charge in [-0.3, -0.25) is 4.79 Å². The van der Waals surface area contributed by atoms with Crippen molar-refractivity contribution in [3.05, 3.63) is 69.8 Å². The van der Waals surface area contributed by atoms with Gasteiger partial charge in [-0.05, 0) is 59.5 Å². The number of carbonyl (C=O) groups is 1. The van der Waals surface area contributed by atoms with Crippen LogP contribution < -0.4 is 5.32 Å². The highest BCUT2D eigenvalue weighted by Crippen LogP contribution is 2.29. The molecule has 0 saturated heterocycles. The Bertz CT molecular complexity index is 711. The van der Waals surface area contributed by atoms with Crippen molar-refractivity contribution < 1.29 is 4.79 Å². The monoisotopic (exact) mass is 431 g/mol.